The van der Waals surface area contributed by atoms with Crippen LogP contribution in [0.25, 0.3) is 0 Å². The summed E-state index contributed by atoms with van der Waals surface area (Å²) < 4.78 is 34.3. The molecule has 3 saturated heterocycles. The second-order valence-corrected chi connectivity index (χ2v) is 26.4. The monoisotopic (exact) mass is 1290 g/mol. The zero-order valence-corrected chi connectivity index (χ0v) is 56.1. The smallest absolute Gasteiger partial charge is 0.220 e. The Labute approximate surface area is 543 Å². The minimum Gasteiger partial charge on any atom is -0.394 e. The number of aliphatic hydroxyl groups is 11. The van der Waals surface area contributed by atoms with Crippen LogP contribution in [0.15, 0.2) is 24.3 Å². The van der Waals surface area contributed by atoms with Gasteiger partial charge >= 0.3 is 0 Å². The molecule has 3 heterocycles. The highest BCUT2D eigenvalue weighted by atomic mass is 16.8. The molecule has 530 valence electrons. The van der Waals surface area contributed by atoms with Gasteiger partial charge in [0.25, 0.3) is 0 Å². The molecule has 3 aliphatic heterocycles. The summed E-state index contributed by atoms with van der Waals surface area (Å²) in [6.45, 7) is 1.73. The molecule has 0 aromatic rings. The van der Waals surface area contributed by atoms with Crippen LogP contribution < -0.4 is 5.32 Å². The zero-order chi connectivity index (χ0) is 65.4. The maximum Gasteiger partial charge on any atom is 0.220 e. The van der Waals surface area contributed by atoms with E-state index < -0.39 is 124 Å². The SMILES string of the molecule is CCCCCC/C=C\CCCCCCCC(=O)NC(COC1OC(CO)C(OC2OC(CO)C(OC3OC(CO)C(O)C(O)C3O)C(O)C2O)C(O)C1O)C(O)/C=C/CCCCCCCCCCCCCCCCCCCCCCCCCCCCCCCC. The van der Waals surface area contributed by atoms with Gasteiger partial charge < -0.3 is 89.9 Å². The van der Waals surface area contributed by atoms with E-state index >= 15 is 0 Å². The van der Waals surface area contributed by atoms with Crippen LogP contribution >= 0.6 is 0 Å². The maximum atomic E-state index is 13.4. The van der Waals surface area contributed by atoms with E-state index in [2.05, 4.69) is 31.3 Å². The minimum absolute atomic E-state index is 0.235. The highest BCUT2D eigenvalue weighted by Gasteiger charge is 2.53. The first kappa shape index (κ1) is 82.5. The molecule has 0 radical (unpaired) electrons. The Balaban J connectivity index is 1.37. The quantitative estimate of drug-likeness (QED) is 0.0199. The van der Waals surface area contributed by atoms with Crippen LogP contribution in [-0.2, 0) is 33.2 Å². The molecule has 17 unspecified atom stereocenters. The van der Waals surface area contributed by atoms with Crippen LogP contribution in [0, 0.1) is 0 Å². The van der Waals surface area contributed by atoms with Crippen LogP contribution in [0.3, 0.4) is 0 Å². The van der Waals surface area contributed by atoms with Crippen molar-refractivity contribution in [2.45, 2.75) is 394 Å². The molecule has 0 bridgehead atoms. The number of carbonyl (C=O) groups is 1. The van der Waals surface area contributed by atoms with Gasteiger partial charge in [-0.15, -0.1) is 0 Å². The average Bonchev–Trinajstić information content (AvgIpc) is 0.851. The van der Waals surface area contributed by atoms with Crippen molar-refractivity contribution in [3.63, 3.8) is 0 Å². The van der Waals surface area contributed by atoms with Gasteiger partial charge in [0.2, 0.25) is 5.91 Å². The summed E-state index contributed by atoms with van der Waals surface area (Å²) in [6, 6.07) is -0.976. The topological polar surface area (TPSA) is 307 Å². The Kier molecular flexibility index (Phi) is 49.0. The van der Waals surface area contributed by atoms with Gasteiger partial charge in [-0.2, -0.15) is 0 Å². The molecule has 19 nitrogen and oxygen atoms in total. The summed E-state index contributed by atoms with van der Waals surface area (Å²) in [4.78, 5) is 13.4. The van der Waals surface area contributed by atoms with E-state index in [-0.39, 0.29) is 18.9 Å². The van der Waals surface area contributed by atoms with Crippen molar-refractivity contribution in [1.82, 2.24) is 5.32 Å². The standard InChI is InChI=1S/C71H133NO18/c1-3-5-7-9-11-13-15-17-18-19-20-21-22-23-24-25-26-27-28-29-30-31-32-33-34-35-37-38-40-42-44-46-48-55(76)54(72-59(77)49-47-45-43-41-39-36-16-14-12-10-8-6-4-2)53-85-69-65(83)62(80)67(57(51-74)87-69)90-71-66(84)63(81)68(58(52-75)88-71)89-70-64(82)61(79)60(78)56(50-73)86-70/h14,16,46,48,54-58,60-71,73-76,78-84H,3-13,15,17-45,47,49-53H2,1-2H3,(H,72,77)/b16-14-,48-46+. The van der Waals surface area contributed by atoms with E-state index in [1.807, 2.05) is 6.08 Å². The van der Waals surface area contributed by atoms with Crippen molar-refractivity contribution in [3.8, 4) is 0 Å². The number of aliphatic hydroxyl groups excluding tert-OH is 11. The first-order valence-corrected chi connectivity index (χ1v) is 36.6. The molecule has 0 aromatic heterocycles. The fraction of sp³-hybridized carbons (Fsp3) is 0.930. The third-order valence-corrected chi connectivity index (χ3v) is 18.5. The lowest BCUT2D eigenvalue weighted by Crippen LogP contribution is -2.66. The fourth-order valence-electron chi connectivity index (χ4n) is 12.5. The summed E-state index contributed by atoms with van der Waals surface area (Å²) in [6.07, 6.45) is 34.7. The van der Waals surface area contributed by atoms with Gasteiger partial charge in [0.05, 0.1) is 38.6 Å². The molecule has 19 heteroatoms. The molecule has 0 aromatic carbocycles. The van der Waals surface area contributed by atoms with E-state index in [0.29, 0.717) is 6.42 Å². The Morgan fingerprint density at radius 3 is 1.09 bits per heavy atom. The lowest BCUT2D eigenvalue weighted by molar-refractivity contribution is -0.379. The van der Waals surface area contributed by atoms with Gasteiger partial charge in [-0.1, -0.05) is 263 Å². The molecule has 90 heavy (non-hydrogen) atoms. The number of ether oxygens (including phenoxy) is 6. The van der Waals surface area contributed by atoms with Crippen LogP contribution in [0.1, 0.15) is 290 Å². The predicted molar refractivity (Wildman–Crippen MR) is 351 cm³/mol. The first-order chi connectivity index (χ1) is 43.8. The molecule has 0 aliphatic carbocycles. The van der Waals surface area contributed by atoms with Gasteiger partial charge in [-0.25, -0.2) is 0 Å². The number of carbonyl (C=O) groups excluding carboxylic acids is 1. The third kappa shape index (κ3) is 34.8. The van der Waals surface area contributed by atoms with E-state index in [1.165, 1.54) is 199 Å². The average molecular weight is 1290 g/mol. The van der Waals surface area contributed by atoms with Crippen molar-refractivity contribution in [3.05, 3.63) is 24.3 Å². The highest BCUT2D eigenvalue weighted by molar-refractivity contribution is 5.76. The summed E-state index contributed by atoms with van der Waals surface area (Å²) >= 11 is 0. The highest BCUT2D eigenvalue weighted by Crippen LogP contribution is 2.33. The van der Waals surface area contributed by atoms with Crippen molar-refractivity contribution in [2.24, 2.45) is 0 Å². The number of amides is 1. The van der Waals surface area contributed by atoms with Crippen molar-refractivity contribution in [1.29, 1.82) is 0 Å². The second-order valence-electron chi connectivity index (χ2n) is 26.4. The molecule has 3 aliphatic rings. The number of nitrogens with one attached hydrogen (secondary N) is 1. The van der Waals surface area contributed by atoms with Gasteiger partial charge in [0, 0.05) is 6.42 Å². The first-order valence-electron chi connectivity index (χ1n) is 36.6. The molecule has 0 spiro atoms. The molecule has 17 atom stereocenters. The van der Waals surface area contributed by atoms with Crippen LogP contribution in [0.5, 0.6) is 0 Å². The molecule has 1 amide bonds. The largest absolute Gasteiger partial charge is 0.394 e. The van der Waals surface area contributed by atoms with Gasteiger partial charge in [0.15, 0.2) is 18.9 Å². The van der Waals surface area contributed by atoms with E-state index in [9.17, 15) is 61.0 Å². The number of rotatable bonds is 57. The van der Waals surface area contributed by atoms with Crippen LogP contribution in [-0.4, -0.2) is 193 Å². The van der Waals surface area contributed by atoms with Crippen molar-refractivity contribution < 1.29 is 89.4 Å². The number of allylic oxidation sites excluding steroid dienone is 3. The van der Waals surface area contributed by atoms with Crippen LogP contribution in [0.4, 0.5) is 0 Å². The molecule has 0 saturated carbocycles. The summed E-state index contributed by atoms with van der Waals surface area (Å²) in [5.41, 5.74) is 0. The van der Waals surface area contributed by atoms with E-state index in [4.69, 9.17) is 28.4 Å². The van der Waals surface area contributed by atoms with Gasteiger partial charge in [0.1, 0.15) is 73.2 Å². The van der Waals surface area contributed by atoms with Crippen LogP contribution in [0.2, 0.25) is 0 Å². The number of unbranched alkanes of at least 4 members (excludes halogenated alkanes) is 39. The van der Waals surface area contributed by atoms with Crippen molar-refractivity contribution >= 4 is 5.91 Å². The van der Waals surface area contributed by atoms with Gasteiger partial charge in [-0.3, -0.25) is 4.79 Å². The fourth-order valence-corrected chi connectivity index (χ4v) is 12.5. The lowest BCUT2D eigenvalue weighted by Gasteiger charge is -2.48. The van der Waals surface area contributed by atoms with E-state index in [0.717, 1.165) is 64.2 Å². The lowest BCUT2D eigenvalue weighted by atomic mass is 9.96. The molecule has 3 fully saturated rings. The number of hydrogen-bond acceptors (Lipinski definition) is 18. The molecule has 3 rings (SSSR count). The predicted octanol–water partition coefficient (Wildman–Crippen LogP) is 10.2. The third-order valence-electron chi connectivity index (χ3n) is 18.5. The normalized spacial score (nSPS) is 28.1. The maximum absolute atomic E-state index is 13.4. The Morgan fingerprint density at radius 2 is 0.700 bits per heavy atom. The molecular formula is C71H133NO18. The molecule has 12 N–H and O–H groups in total. The Morgan fingerprint density at radius 1 is 0.389 bits per heavy atom. The van der Waals surface area contributed by atoms with E-state index in [1.54, 1.807) is 6.08 Å². The zero-order valence-electron chi connectivity index (χ0n) is 56.1. The molecular weight excluding hydrogens is 1150 g/mol. The van der Waals surface area contributed by atoms with Crippen molar-refractivity contribution in [2.75, 3.05) is 26.4 Å². The van der Waals surface area contributed by atoms with Gasteiger partial charge in [-0.05, 0) is 44.9 Å². The second kappa shape index (κ2) is 53.4. The Bertz CT molecular complexity index is 1730. The summed E-state index contributed by atoms with van der Waals surface area (Å²) in [5, 5.41) is 120. The summed E-state index contributed by atoms with van der Waals surface area (Å²) in [7, 11) is 0. The summed E-state index contributed by atoms with van der Waals surface area (Å²) in [5.74, 6) is -0.282. The number of hydrogen-bond donors (Lipinski definition) is 12. The Hall–Kier alpha value is -1.73. The minimum atomic E-state index is -1.98.